The molecule has 23 heavy (non-hydrogen) atoms. The summed E-state index contributed by atoms with van der Waals surface area (Å²) in [7, 11) is 0. The van der Waals surface area contributed by atoms with E-state index >= 15 is 0 Å². The number of carboxylic acid groups (broad SMARTS) is 1. The van der Waals surface area contributed by atoms with E-state index in [1.54, 1.807) is 24.3 Å². The summed E-state index contributed by atoms with van der Waals surface area (Å²) in [6.45, 7) is 5.23. The van der Waals surface area contributed by atoms with Crippen LogP contribution in [0.4, 0.5) is 0 Å². The van der Waals surface area contributed by atoms with Crippen molar-refractivity contribution < 1.29 is 19.8 Å². The van der Waals surface area contributed by atoms with Gasteiger partial charge in [-0.25, -0.2) is 0 Å². The van der Waals surface area contributed by atoms with Gasteiger partial charge in [0.05, 0.1) is 6.04 Å². The fraction of sp³-hybridized carbons (Fsp3) is 0.529. The van der Waals surface area contributed by atoms with Crippen LogP contribution in [0.5, 0.6) is 0 Å². The van der Waals surface area contributed by atoms with E-state index in [0.29, 0.717) is 18.7 Å². The number of likely N-dealkylation sites (N-methyl/N-ethyl adjacent to an activating group) is 1. The molecule has 0 saturated heterocycles. The Labute approximate surface area is 137 Å². The van der Waals surface area contributed by atoms with Gasteiger partial charge >= 0.3 is 5.97 Å². The van der Waals surface area contributed by atoms with Crippen LogP contribution in [0.2, 0.25) is 0 Å². The maximum atomic E-state index is 12.3. The highest BCUT2D eigenvalue weighted by Crippen LogP contribution is 2.10. The van der Waals surface area contributed by atoms with E-state index in [0.717, 1.165) is 6.42 Å². The number of amides is 1. The van der Waals surface area contributed by atoms with Gasteiger partial charge in [0, 0.05) is 18.5 Å². The first-order chi connectivity index (χ1) is 11.0. The zero-order chi connectivity index (χ0) is 17.2. The third kappa shape index (κ3) is 6.38. The standard InChI is InChI=1S/C17H26N2O4/c1-3-12-19(4-2)17(23)14(10-11-15(20)21)18-16(22)13-8-6-5-7-9-13/h5-9,14,17,23H,3-4,10-12H2,1-2H3,(H,18,22)(H,20,21). The highest BCUT2D eigenvalue weighted by Gasteiger charge is 2.26. The Hall–Kier alpha value is -1.92. The van der Waals surface area contributed by atoms with Crippen molar-refractivity contribution in [3.63, 3.8) is 0 Å². The zero-order valence-electron chi connectivity index (χ0n) is 13.7. The van der Waals surface area contributed by atoms with Crippen LogP contribution in [-0.2, 0) is 4.79 Å². The molecule has 0 saturated carbocycles. The van der Waals surface area contributed by atoms with Crippen LogP contribution in [-0.4, -0.2) is 52.3 Å². The quantitative estimate of drug-likeness (QED) is 0.571. The molecule has 0 fully saturated rings. The molecule has 1 aromatic carbocycles. The minimum Gasteiger partial charge on any atom is -0.481 e. The normalized spacial score (nSPS) is 13.6. The number of hydrogen-bond donors (Lipinski definition) is 3. The number of nitrogens with zero attached hydrogens (tertiary/aromatic N) is 1. The first kappa shape index (κ1) is 19.1. The number of rotatable bonds is 10. The number of nitrogens with one attached hydrogen (secondary N) is 1. The Morgan fingerprint density at radius 2 is 1.87 bits per heavy atom. The van der Waals surface area contributed by atoms with Crippen molar-refractivity contribution in [1.29, 1.82) is 0 Å². The maximum absolute atomic E-state index is 12.3. The Balaban J connectivity index is 2.82. The largest absolute Gasteiger partial charge is 0.481 e. The number of aliphatic hydroxyl groups excluding tert-OH is 1. The minimum atomic E-state index is -0.949. The van der Waals surface area contributed by atoms with Gasteiger partial charge in [-0.2, -0.15) is 0 Å². The van der Waals surface area contributed by atoms with E-state index < -0.39 is 18.2 Å². The Kier molecular flexibility index (Phi) is 8.29. The molecule has 1 rings (SSSR count). The molecule has 6 nitrogen and oxygen atoms in total. The van der Waals surface area contributed by atoms with E-state index in [2.05, 4.69) is 5.32 Å². The lowest BCUT2D eigenvalue weighted by molar-refractivity contribution is -0.137. The molecular formula is C17H26N2O4. The number of benzene rings is 1. The first-order valence-electron chi connectivity index (χ1n) is 7.99. The molecule has 0 bridgehead atoms. The monoisotopic (exact) mass is 322 g/mol. The number of carbonyl (C=O) groups excluding carboxylic acids is 1. The van der Waals surface area contributed by atoms with E-state index in [1.807, 2.05) is 24.8 Å². The third-order valence-corrected chi connectivity index (χ3v) is 3.67. The average molecular weight is 322 g/mol. The van der Waals surface area contributed by atoms with Gasteiger partial charge in [0.15, 0.2) is 0 Å². The summed E-state index contributed by atoms with van der Waals surface area (Å²) in [5.74, 6) is -1.26. The summed E-state index contributed by atoms with van der Waals surface area (Å²) < 4.78 is 0. The van der Waals surface area contributed by atoms with E-state index in [9.17, 15) is 14.7 Å². The molecule has 1 aromatic rings. The molecular weight excluding hydrogens is 296 g/mol. The minimum absolute atomic E-state index is 0.111. The lowest BCUT2D eigenvalue weighted by atomic mass is 10.1. The highest BCUT2D eigenvalue weighted by molar-refractivity contribution is 5.94. The number of aliphatic carboxylic acids is 1. The average Bonchev–Trinajstić information content (AvgIpc) is 2.56. The van der Waals surface area contributed by atoms with Gasteiger partial charge in [0.2, 0.25) is 0 Å². The van der Waals surface area contributed by atoms with Crippen molar-refractivity contribution in [2.75, 3.05) is 13.1 Å². The smallest absolute Gasteiger partial charge is 0.303 e. The Morgan fingerprint density at radius 3 is 2.39 bits per heavy atom. The molecule has 0 radical (unpaired) electrons. The molecule has 0 aliphatic heterocycles. The fourth-order valence-corrected chi connectivity index (χ4v) is 2.44. The van der Waals surface area contributed by atoms with Crippen LogP contribution < -0.4 is 5.32 Å². The van der Waals surface area contributed by atoms with Gasteiger partial charge in [-0.05, 0) is 31.5 Å². The van der Waals surface area contributed by atoms with Gasteiger partial charge < -0.3 is 15.5 Å². The number of carbonyl (C=O) groups is 2. The molecule has 2 unspecified atom stereocenters. The molecule has 0 aromatic heterocycles. The van der Waals surface area contributed by atoms with Gasteiger partial charge in [0.25, 0.3) is 5.91 Å². The molecule has 128 valence electrons. The van der Waals surface area contributed by atoms with Crippen molar-refractivity contribution >= 4 is 11.9 Å². The second-order valence-corrected chi connectivity index (χ2v) is 5.42. The van der Waals surface area contributed by atoms with Crippen LogP contribution in [0.25, 0.3) is 0 Å². The summed E-state index contributed by atoms with van der Waals surface area (Å²) >= 11 is 0. The first-order valence-corrected chi connectivity index (χ1v) is 7.99. The topological polar surface area (TPSA) is 89.9 Å². The Morgan fingerprint density at radius 1 is 1.22 bits per heavy atom. The molecule has 2 atom stereocenters. The Bertz CT molecular complexity index is 493. The molecule has 0 spiro atoms. The summed E-state index contributed by atoms with van der Waals surface area (Å²) in [4.78, 5) is 25.0. The predicted octanol–water partition coefficient (Wildman–Crippen LogP) is 1.70. The van der Waals surface area contributed by atoms with E-state index in [-0.39, 0.29) is 18.7 Å². The predicted molar refractivity (Wildman–Crippen MR) is 88.1 cm³/mol. The maximum Gasteiger partial charge on any atom is 0.303 e. The molecule has 3 N–H and O–H groups in total. The van der Waals surface area contributed by atoms with Gasteiger partial charge in [-0.1, -0.05) is 32.0 Å². The molecule has 0 heterocycles. The van der Waals surface area contributed by atoms with Crippen LogP contribution in [0.15, 0.2) is 30.3 Å². The van der Waals surface area contributed by atoms with Crippen molar-refractivity contribution in [2.45, 2.75) is 45.4 Å². The number of carboxylic acids is 1. The van der Waals surface area contributed by atoms with Crippen molar-refractivity contribution in [3.05, 3.63) is 35.9 Å². The second-order valence-electron chi connectivity index (χ2n) is 5.42. The van der Waals surface area contributed by atoms with Crippen molar-refractivity contribution in [1.82, 2.24) is 10.2 Å². The molecule has 0 aliphatic carbocycles. The number of hydrogen-bond acceptors (Lipinski definition) is 4. The SMILES string of the molecule is CCCN(CC)C(O)C(CCC(=O)O)NC(=O)c1ccccc1. The summed E-state index contributed by atoms with van der Waals surface area (Å²) in [6.07, 6.45) is 0.0193. The summed E-state index contributed by atoms with van der Waals surface area (Å²) in [5, 5.41) is 22.2. The van der Waals surface area contributed by atoms with Gasteiger partial charge in [-0.3, -0.25) is 14.5 Å². The zero-order valence-corrected chi connectivity index (χ0v) is 13.7. The summed E-state index contributed by atoms with van der Waals surface area (Å²) in [6, 6.07) is 8.05. The lowest BCUT2D eigenvalue weighted by Crippen LogP contribution is -2.52. The van der Waals surface area contributed by atoms with E-state index in [4.69, 9.17) is 5.11 Å². The highest BCUT2D eigenvalue weighted by atomic mass is 16.4. The van der Waals surface area contributed by atoms with Crippen molar-refractivity contribution in [2.24, 2.45) is 0 Å². The van der Waals surface area contributed by atoms with Gasteiger partial charge in [-0.15, -0.1) is 0 Å². The lowest BCUT2D eigenvalue weighted by Gasteiger charge is -2.32. The third-order valence-electron chi connectivity index (χ3n) is 3.67. The van der Waals surface area contributed by atoms with Crippen LogP contribution >= 0.6 is 0 Å². The summed E-state index contributed by atoms with van der Waals surface area (Å²) in [5.41, 5.74) is 0.485. The fourth-order valence-electron chi connectivity index (χ4n) is 2.44. The molecule has 0 aliphatic rings. The van der Waals surface area contributed by atoms with Crippen LogP contribution in [0, 0.1) is 0 Å². The van der Waals surface area contributed by atoms with E-state index in [1.165, 1.54) is 0 Å². The van der Waals surface area contributed by atoms with Crippen molar-refractivity contribution in [3.8, 4) is 0 Å². The van der Waals surface area contributed by atoms with Crippen LogP contribution in [0.1, 0.15) is 43.5 Å². The van der Waals surface area contributed by atoms with Gasteiger partial charge in [0.1, 0.15) is 6.23 Å². The molecule has 6 heteroatoms. The van der Waals surface area contributed by atoms with Crippen LogP contribution in [0.3, 0.4) is 0 Å². The number of aliphatic hydroxyl groups is 1. The molecule has 1 amide bonds. The second kappa shape index (κ2) is 9.97.